The highest BCUT2D eigenvalue weighted by Crippen LogP contribution is 2.24. The van der Waals surface area contributed by atoms with E-state index in [4.69, 9.17) is 34.8 Å². The molecule has 19 heavy (non-hydrogen) atoms. The first kappa shape index (κ1) is 14.3. The molecular formula is C12H10Cl3N3O. The van der Waals surface area contributed by atoms with E-state index in [1.165, 1.54) is 12.5 Å². The molecule has 0 amide bonds. The van der Waals surface area contributed by atoms with Crippen molar-refractivity contribution in [2.75, 3.05) is 11.9 Å². The van der Waals surface area contributed by atoms with Crippen molar-refractivity contribution in [2.24, 2.45) is 0 Å². The van der Waals surface area contributed by atoms with Gasteiger partial charge in [0.05, 0.1) is 12.3 Å². The third-order valence-electron chi connectivity index (χ3n) is 2.40. The lowest BCUT2D eigenvalue weighted by atomic mass is 10.1. The molecule has 4 nitrogen and oxygen atoms in total. The minimum absolute atomic E-state index is 0.230. The van der Waals surface area contributed by atoms with Gasteiger partial charge in [0, 0.05) is 16.6 Å². The van der Waals surface area contributed by atoms with Crippen LogP contribution in [0.2, 0.25) is 15.1 Å². The molecule has 1 atom stereocenters. The summed E-state index contributed by atoms with van der Waals surface area (Å²) in [5, 5.41) is 14.3. The number of nitrogens with one attached hydrogen (secondary N) is 1. The van der Waals surface area contributed by atoms with Gasteiger partial charge in [0.15, 0.2) is 0 Å². The standard InChI is InChI=1S/C12H10Cl3N3O/c13-8-1-7(2-9(14)3-8)11(19)5-17-12-10(15)4-16-6-18-12/h1-4,6,11,19H,5H2,(H,16,17,18). The molecule has 1 aromatic carbocycles. The zero-order chi connectivity index (χ0) is 13.8. The summed E-state index contributed by atoms with van der Waals surface area (Å²) in [6.45, 7) is 0.230. The highest BCUT2D eigenvalue weighted by Gasteiger charge is 2.10. The van der Waals surface area contributed by atoms with Gasteiger partial charge < -0.3 is 10.4 Å². The molecule has 1 heterocycles. The number of benzene rings is 1. The Bertz CT molecular complexity index is 560. The number of halogens is 3. The Kier molecular flexibility index (Phi) is 4.82. The molecule has 0 saturated carbocycles. The number of aromatic nitrogens is 2. The number of anilines is 1. The van der Waals surface area contributed by atoms with E-state index in [1.54, 1.807) is 18.2 Å². The number of hydrogen-bond acceptors (Lipinski definition) is 4. The van der Waals surface area contributed by atoms with Gasteiger partial charge in [-0.3, -0.25) is 0 Å². The van der Waals surface area contributed by atoms with E-state index in [0.717, 1.165) is 0 Å². The highest BCUT2D eigenvalue weighted by molar-refractivity contribution is 6.34. The smallest absolute Gasteiger partial charge is 0.148 e. The van der Waals surface area contributed by atoms with E-state index < -0.39 is 6.10 Å². The number of rotatable bonds is 4. The molecule has 0 radical (unpaired) electrons. The van der Waals surface area contributed by atoms with Crippen LogP contribution in [0.4, 0.5) is 5.82 Å². The van der Waals surface area contributed by atoms with Gasteiger partial charge in [-0.15, -0.1) is 0 Å². The zero-order valence-corrected chi connectivity index (χ0v) is 11.9. The Labute approximate surface area is 125 Å². The van der Waals surface area contributed by atoms with Gasteiger partial charge in [0.2, 0.25) is 0 Å². The van der Waals surface area contributed by atoms with Crippen molar-refractivity contribution < 1.29 is 5.11 Å². The maximum atomic E-state index is 10.1. The SMILES string of the molecule is OC(CNc1ncncc1Cl)c1cc(Cl)cc(Cl)c1. The summed E-state index contributed by atoms with van der Waals surface area (Å²) >= 11 is 17.7. The lowest BCUT2D eigenvalue weighted by Gasteiger charge is -2.13. The van der Waals surface area contributed by atoms with Crippen LogP contribution in [0, 0.1) is 0 Å². The van der Waals surface area contributed by atoms with Gasteiger partial charge >= 0.3 is 0 Å². The van der Waals surface area contributed by atoms with Crippen LogP contribution >= 0.6 is 34.8 Å². The Morgan fingerprint density at radius 2 is 1.84 bits per heavy atom. The van der Waals surface area contributed by atoms with Crippen molar-refractivity contribution in [2.45, 2.75) is 6.10 Å². The predicted octanol–water partition coefficient (Wildman–Crippen LogP) is 3.58. The topological polar surface area (TPSA) is 58.0 Å². The van der Waals surface area contributed by atoms with Gasteiger partial charge in [-0.25, -0.2) is 9.97 Å². The van der Waals surface area contributed by atoms with Crippen LogP contribution in [0.1, 0.15) is 11.7 Å². The molecule has 1 aromatic heterocycles. The van der Waals surface area contributed by atoms with E-state index in [-0.39, 0.29) is 6.54 Å². The van der Waals surface area contributed by atoms with Gasteiger partial charge in [0.25, 0.3) is 0 Å². The van der Waals surface area contributed by atoms with Crippen molar-refractivity contribution in [3.05, 3.63) is 51.4 Å². The molecule has 7 heteroatoms. The van der Waals surface area contributed by atoms with Gasteiger partial charge in [-0.2, -0.15) is 0 Å². The molecule has 2 rings (SSSR count). The summed E-state index contributed by atoms with van der Waals surface area (Å²) in [6, 6.07) is 4.91. The van der Waals surface area contributed by atoms with E-state index in [1.807, 2.05) is 0 Å². The molecule has 2 N–H and O–H groups in total. The minimum Gasteiger partial charge on any atom is -0.387 e. The number of aliphatic hydroxyl groups is 1. The van der Waals surface area contributed by atoms with Crippen molar-refractivity contribution >= 4 is 40.6 Å². The van der Waals surface area contributed by atoms with Crippen LogP contribution in [-0.2, 0) is 0 Å². The van der Waals surface area contributed by atoms with Crippen LogP contribution in [0.25, 0.3) is 0 Å². The van der Waals surface area contributed by atoms with E-state index in [2.05, 4.69) is 15.3 Å². The predicted molar refractivity (Wildman–Crippen MR) is 77.0 cm³/mol. The van der Waals surface area contributed by atoms with Crippen molar-refractivity contribution in [1.82, 2.24) is 9.97 Å². The summed E-state index contributed by atoms with van der Waals surface area (Å²) in [5.41, 5.74) is 0.621. The molecule has 0 saturated heterocycles. The van der Waals surface area contributed by atoms with Crippen molar-refractivity contribution in [1.29, 1.82) is 0 Å². The first-order chi connectivity index (χ1) is 9.06. The summed E-state index contributed by atoms with van der Waals surface area (Å²) < 4.78 is 0. The number of nitrogens with zero attached hydrogens (tertiary/aromatic N) is 2. The van der Waals surface area contributed by atoms with Crippen LogP contribution < -0.4 is 5.32 Å². The molecule has 0 aliphatic heterocycles. The normalized spacial score (nSPS) is 12.2. The van der Waals surface area contributed by atoms with Crippen LogP contribution in [-0.4, -0.2) is 21.6 Å². The summed E-state index contributed by atoms with van der Waals surface area (Å²) in [6.07, 6.45) is 2.07. The Morgan fingerprint density at radius 1 is 1.16 bits per heavy atom. The molecule has 2 aromatic rings. The highest BCUT2D eigenvalue weighted by atomic mass is 35.5. The van der Waals surface area contributed by atoms with Crippen LogP contribution in [0.3, 0.4) is 0 Å². The lowest BCUT2D eigenvalue weighted by Crippen LogP contribution is -2.13. The minimum atomic E-state index is -0.776. The van der Waals surface area contributed by atoms with Crippen LogP contribution in [0.15, 0.2) is 30.7 Å². The first-order valence-corrected chi connectivity index (χ1v) is 6.53. The summed E-state index contributed by atoms with van der Waals surface area (Å²) in [5.74, 6) is 0.462. The number of hydrogen-bond donors (Lipinski definition) is 2. The third-order valence-corrected chi connectivity index (χ3v) is 3.11. The van der Waals surface area contributed by atoms with Gasteiger partial charge in [0.1, 0.15) is 17.2 Å². The quantitative estimate of drug-likeness (QED) is 0.904. The first-order valence-electron chi connectivity index (χ1n) is 5.39. The van der Waals surface area contributed by atoms with Gasteiger partial charge in [-0.05, 0) is 23.8 Å². The van der Waals surface area contributed by atoms with E-state index in [9.17, 15) is 5.11 Å². The maximum Gasteiger partial charge on any atom is 0.148 e. The summed E-state index contributed by atoms with van der Waals surface area (Å²) in [7, 11) is 0. The third kappa shape index (κ3) is 3.94. The second-order valence-corrected chi connectivity index (χ2v) is 5.10. The molecule has 0 spiro atoms. The largest absolute Gasteiger partial charge is 0.387 e. The molecule has 1 unspecified atom stereocenters. The molecule has 0 aliphatic carbocycles. The number of aliphatic hydroxyl groups excluding tert-OH is 1. The Morgan fingerprint density at radius 3 is 2.47 bits per heavy atom. The maximum absolute atomic E-state index is 10.1. The van der Waals surface area contributed by atoms with Crippen LogP contribution in [0.5, 0.6) is 0 Å². The van der Waals surface area contributed by atoms with Crippen molar-refractivity contribution in [3.8, 4) is 0 Å². The molecular weight excluding hydrogens is 309 g/mol. The second-order valence-electron chi connectivity index (χ2n) is 3.82. The van der Waals surface area contributed by atoms with Crippen molar-refractivity contribution in [3.63, 3.8) is 0 Å². The zero-order valence-electron chi connectivity index (χ0n) is 9.65. The van der Waals surface area contributed by atoms with E-state index >= 15 is 0 Å². The fourth-order valence-corrected chi connectivity index (χ4v) is 2.24. The average molecular weight is 319 g/mol. The second kappa shape index (κ2) is 6.39. The monoisotopic (exact) mass is 317 g/mol. The molecule has 0 fully saturated rings. The Hall–Kier alpha value is -1.07. The molecule has 0 aliphatic rings. The Balaban J connectivity index is 2.05. The molecule has 0 bridgehead atoms. The van der Waals surface area contributed by atoms with E-state index in [0.29, 0.717) is 26.4 Å². The fraction of sp³-hybridized carbons (Fsp3) is 0.167. The summed E-state index contributed by atoms with van der Waals surface area (Å²) in [4.78, 5) is 7.73. The fourth-order valence-electron chi connectivity index (χ4n) is 1.52. The average Bonchev–Trinajstić information content (AvgIpc) is 2.36. The molecule has 100 valence electrons. The van der Waals surface area contributed by atoms with Gasteiger partial charge in [-0.1, -0.05) is 34.8 Å². The lowest BCUT2D eigenvalue weighted by molar-refractivity contribution is 0.191.